The highest BCUT2D eigenvalue weighted by Crippen LogP contribution is 2.29. The largest absolute Gasteiger partial charge is 0.253 e. The molecule has 0 fully saturated rings. The van der Waals surface area contributed by atoms with Gasteiger partial charge in [0.05, 0.1) is 6.20 Å². The summed E-state index contributed by atoms with van der Waals surface area (Å²) in [6.07, 6.45) is 3.51. The number of hydrogen-bond acceptors (Lipinski definition) is 4. The van der Waals surface area contributed by atoms with Crippen LogP contribution in [0, 0.1) is 0 Å². The summed E-state index contributed by atoms with van der Waals surface area (Å²) in [6.45, 7) is 0. The fourth-order valence-corrected chi connectivity index (χ4v) is 2.43. The van der Waals surface area contributed by atoms with E-state index in [1.165, 1.54) is 0 Å². The van der Waals surface area contributed by atoms with E-state index in [4.69, 9.17) is 0 Å². The maximum Gasteiger partial charge on any atom is 0.150 e. The van der Waals surface area contributed by atoms with Crippen molar-refractivity contribution in [2.24, 2.45) is 0 Å². The molecule has 0 amide bonds. The minimum atomic E-state index is 0.842. The van der Waals surface area contributed by atoms with Gasteiger partial charge in [-0.15, -0.1) is 5.10 Å². The molecule has 3 nitrogen and oxygen atoms in total. The van der Waals surface area contributed by atoms with Crippen LogP contribution in [-0.4, -0.2) is 15.2 Å². The zero-order valence-corrected chi connectivity index (χ0v) is 9.76. The number of benzene rings is 1. The lowest BCUT2D eigenvalue weighted by Gasteiger charge is -2.02. The average Bonchev–Trinajstić information content (AvgIpc) is 2.40. The molecule has 82 valence electrons. The number of rotatable bonds is 2. The molecule has 0 aliphatic heterocycles. The van der Waals surface area contributed by atoms with Crippen molar-refractivity contribution in [3.05, 3.63) is 54.9 Å². The Morgan fingerprint density at radius 1 is 0.941 bits per heavy atom. The van der Waals surface area contributed by atoms with Gasteiger partial charge in [0.15, 0.2) is 0 Å². The van der Waals surface area contributed by atoms with Gasteiger partial charge in [-0.2, -0.15) is 5.10 Å². The van der Waals surface area contributed by atoms with Crippen LogP contribution >= 0.6 is 11.8 Å². The lowest BCUT2D eigenvalue weighted by molar-refractivity contribution is 0.946. The van der Waals surface area contributed by atoms with Crippen molar-refractivity contribution in [3.8, 4) is 0 Å². The number of fused-ring (bicyclic) bond motifs is 1. The van der Waals surface area contributed by atoms with Gasteiger partial charge in [-0.1, -0.05) is 30.0 Å². The van der Waals surface area contributed by atoms with Gasteiger partial charge >= 0.3 is 0 Å². The van der Waals surface area contributed by atoms with Crippen LogP contribution in [0.1, 0.15) is 0 Å². The third-order valence-electron chi connectivity index (χ3n) is 2.34. The van der Waals surface area contributed by atoms with E-state index in [2.05, 4.69) is 15.2 Å². The molecule has 2 aromatic heterocycles. The molecule has 0 unspecified atom stereocenters. The van der Waals surface area contributed by atoms with Crippen molar-refractivity contribution >= 4 is 22.7 Å². The van der Waals surface area contributed by atoms with Crippen molar-refractivity contribution in [1.29, 1.82) is 0 Å². The highest BCUT2D eigenvalue weighted by Gasteiger charge is 2.05. The second-order valence-electron chi connectivity index (χ2n) is 3.51. The minimum absolute atomic E-state index is 0.842. The molecular formula is C13H9N3S. The molecular weight excluding hydrogens is 230 g/mol. The normalized spacial score (nSPS) is 10.6. The third kappa shape index (κ3) is 2.12. The van der Waals surface area contributed by atoms with Gasteiger partial charge in [0.2, 0.25) is 0 Å². The van der Waals surface area contributed by atoms with Crippen molar-refractivity contribution in [1.82, 2.24) is 15.2 Å². The molecule has 17 heavy (non-hydrogen) atoms. The van der Waals surface area contributed by atoms with Crippen LogP contribution in [0.25, 0.3) is 10.9 Å². The molecule has 0 aliphatic rings. The Bertz CT molecular complexity index is 635. The van der Waals surface area contributed by atoms with E-state index < -0.39 is 0 Å². The van der Waals surface area contributed by atoms with Crippen molar-refractivity contribution in [2.45, 2.75) is 9.92 Å². The van der Waals surface area contributed by atoms with Crippen LogP contribution in [0.4, 0.5) is 0 Å². The summed E-state index contributed by atoms with van der Waals surface area (Å²) in [5, 5.41) is 10.0. The fraction of sp³-hybridized carbons (Fsp3) is 0. The zero-order valence-electron chi connectivity index (χ0n) is 8.95. The van der Waals surface area contributed by atoms with Gasteiger partial charge in [0, 0.05) is 16.5 Å². The van der Waals surface area contributed by atoms with Gasteiger partial charge in [-0.25, -0.2) is 0 Å². The number of hydrogen-bond donors (Lipinski definition) is 0. The molecule has 0 saturated heterocycles. The van der Waals surface area contributed by atoms with Crippen molar-refractivity contribution in [2.75, 3.05) is 0 Å². The van der Waals surface area contributed by atoms with Crippen LogP contribution in [0.3, 0.4) is 0 Å². The van der Waals surface area contributed by atoms with E-state index in [1.54, 1.807) is 24.2 Å². The Kier molecular flexibility index (Phi) is 2.71. The number of pyridine rings is 1. The fourth-order valence-electron chi connectivity index (χ4n) is 1.56. The van der Waals surface area contributed by atoms with Crippen LogP contribution in [0.2, 0.25) is 0 Å². The summed E-state index contributed by atoms with van der Waals surface area (Å²) < 4.78 is 0. The second kappa shape index (κ2) is 4.51. The molecule has 0 N–H and O–H groups in total. The summed E-state index contributed by atoms with van der Waals surface area (Å²) in [6, 6.07) is 14.0. The molecule has 0 atom stereocenters. The van der Waals surface area contributed by atoms with Crippen LogP contribution < -0.4 is 0 Å². The molecule has 1 aromatic carbocycles. The Morgan fingerprint density at radius 3 is 2.71 bits per heavy atom. The van der Waals surface area contributed by atoms with Gasteiger partial charge in [-0.05, 0) is 24.3 Å². The summed E-state index contributed by atoms with van der Waals surface area (Å²) in [5.74, 6) is 0. The first-order chi connectivity index (χ1) is 8.43. The number of aromatic nitrogens is 3. The van der Waals surface area contributed by atoms with Gasteiger partial charge < -0.3 is 0 Å². The SMILES string of the molecule is c1ccc(Sc2nncc3cccnc23)cc1. The maximum atomic E-state index is 4.35. The van der Waals surface area contributed by atoms with Crippen molar-refractivity contribution < 1.29 is 0 Å². The van der Waals surface area contributed by atoms with E-state index in [0.717, 1.165) is 20.8 Å². The van der Waals surface area contributed by atoms with Crippen LogP contribution in [0.15, 0.2) is 64.8 Å². The molecule has 2 heterocycles. The van der Waals surface area contributed by atoms with E-state index in [1.807, 2.05) is 42.5 Å². The predicted molar refractivity (Wildman–Crippen MR) is 67.9 cm³/mol. The van der Waals surface area contributed by atoms with Crippen LogP contribution in [-0.2, 0) is 0 Å². The molecule has 0 saturated carbocycles. The summed E-state index contributed by atoms with van der Waals surface area (Å²) in [4.78, 5) is 5.49. The van der Waals surface area contributed by atoms with E-state index in [0.29, 0.717) is 0 Å². The van der Waals surface area contributed by atoms with Gasteiger partial charge in [0.25, 0.3) is 0 Å². The van der Waals surface area contributed by atoms with Gasteiger partial charge in [-0.3, -0.25) is 4.98 Å². The first kappa shape index (κ1) is 10.2. The minimum Gasteiger partial charge on any atom is -0.253 e. The van der Waals surface area contributed by atoms with Crippen LogP contribution in [0.5, 0.6) is 0 Å². The molecule has 3 aromatic rings. The topological polar surface area (TPSA) is 38.7 Å². The van der Waals surface area contributed by atoms with E-state index in [9.17, 15) is 0 Å². The Balaban J connectivity index is 2.06. The monoisotopic (exact) mass is 239 g/mol. The lowest BCUT2D eigenvalue weighted by atomic mass is 10.3. The third-order valence-corrected chi connectivity index (χ3v) is 3.32. The second-order valence-corrected chi connectivity index (χ2v) is 4.57. The summed E-state index contributed by atoms with van der Waals surface area (Å²) in [5.41, 5.74) is 0.899. The smallest absolute Gasteiger partial charge is 0.150 e. The predicted octanol–water partition coefficient (Wildman–Crippen LogP) is 3.18. The molecule has 0 aliphatic carbocycles. The van der Waals surface area contributed by atoms with E-state index >= 15 is 0 Å². The Hall–Kier alpha value is -1.94. The first-order valence-electron chi connectivity index (χ1n) is 5.23. The number of nitrogens with zero attached hydrogens (tertiary/aromatic N) is 3. The quantitative estimate of drug-likeness (QED) is 0.688. The molecule has 4 heteroatoms. The molecule has 0 spiro atoms. The Morgan fingerprint density at radius 2 is 1.82 bits per heavy atom. The summed E-state index contributed by atoms with van der Waals surface area (Å²) in [7, 11) is 0. The Labute approximate surface area is 103 Å². The van der Waals surface area contributed by atoms with Crippen molar-refractivity contribution in [3.63, 3.8) is 0 Å². The lowest BCUT2D eigenvalue weighted by Crippen LogP contribution is -1.89. The van der Waals surface area contributed by atoms with Gasteiger partial charge in [0.1, 0.15) is 10.5 Å². The average molecular weight is 239 g/mol. The van der Waals surface area contributed by atoms with E-state index in [-0.39, 0.29) is 0 Å². The first-order valence-corrected chi connectivity index (χ1v) is 6.04. The molecule has 0 radical (unpaired) electrons. The molecule has 3 rings (SSSR count). The summed E-state index contributed by atoms with van der Waals surface area (Å²) >= 11 is 1.58. The standard InChI is InChI=1S/C13H9N3S/c1-2-6-11(7-3-1)17-13-12-10(9-15-16-13)5-4-8-14-12/h1-9H. The molecule has 0 bridgehead atoms. The highest BCUT2D eigenvalue weighted by molar-refractivity contribution is 7.99. The zero-order chi connectivity index (χ0) is 11.5. The highest BCUT2D eigenvalue weighted by atomic mass is 32.2. The maximum absolute atomic E-state index is 4.35.